The van der Waals surface area contributed by atoms with Gasteiger partial charge in [-0.2, -0.15) is 0 Å². The fourth-order valence-corrected chi connectivity index (χ4v) is 3.84. The van der Waals surface area contributed by atoms with Gasteiger partial charge in [0.1, 0.15) is 11.5 Å². The molecule has 0 bridgehead atoms. The van der Waals surface area contributed by atoms with Crippen molar-refractivity contribution in [1.82, 2.24) is 9.80 Å². The number of unbranched alkanes of at least 4 members (excludes halogenated alkanes) is 2. The molecule has 0 heterocycles. The van der Waals surface area contributed by atoms with Crippen LogP contribution in [0.25, 0.3) is 0 Å². The number of phenolic OH excluding ortho intramolecular Hbond substituents is 2. The molecule has 2 aromatic carbocycles. The van der Waals surface area contributed by atoms with Crippen LogP contribution in [-0.4, -0.2) is 68.3 Å². The van der Waals surface area contributed by atoms with Crippen LogP contribution in [0.2, 0.25) is 0 Å². The molecular formula is C26H36N2O6. The monoisotopic (exact) mass is 472 g/mol. The van der Waals surface area contributed by atoms with E-state index in [4.69, 9.17) is 10.2 Å². The molecule has 34 heavy (non-hydrogen) atoms. The van der Waals surface area contributed by atoms with Gasteiger partial charge in [0.05, 0.1) is 0 Å². The Morgan fingerprint density at radius 3 is 1.50 bits per heavy atom. The lowest BCUT2D eigenvalue weighted by molar-refractivity contribution is -0.138. The van der Waals surface area contributed by atoms with Crippen LogP contribution >= 0.6 is 0 Å². The lowest BCUT2D eigenvalue weighted by atomic mass is 10.1. The number of benzene rings is 2. The Kier molecular flexibility index (Phi) is 11.9. The second-order valence-electron chi connectivity index (χ2n) is 8.51. The first-order valence-corrected chi connectivity index (χ1v) is 11.8. The summed E-state index contributed by atoms with van der Waals surface area (Å²) in [5.41, 5.74) is 1.62. The van der Waals surface area contributed by atoms with Crippen molar-refractivity contribution in [2.45, 2.75) is 51.6 Å². The largest absolute Gasteiger partial charge is 0.508 e. The number of aromatic hydroxyl groups is 2. The van der Waals surface area contributed by atoms with Crippen LogP contribution in [0, 0.1) is 0 Å². The van der Waals surface area contributed by atoms with E-state index in [0.717, 1.165) is 30.5 Å². The lowest BCUT2D eigenvalue weighted by Crippen LogP contribution is -2.36. The second-order valence-corrected chi connectivity index (χ2v) is 8.51. The van der Waals surface area contributed by atoms with Crippen LogP contribution in [0.1, 0.15) is 49.7 Å². The average Bonchev–Trinajstić information content (AvgIpc) is 2.79. The van der Waals surface area contributed by atoms with E-state index in [-0.39, 0.29) is 24.3 Å². The van der Waals surface area contributed by atoms with Crippen LogP contribution in [0.15, 0.2) is 48.5 Å². The Hall–Kier alpha value is -3.10. The summed E-state index contributed by atoms with van der Waals surface area (Å²) in [6, 6.07) is 14.4. The van der Waals surface area contributed by atoms with Crippen molar-refractivity contribution in [2.75, 3.05) is 26.2 Å². The molecule has 0 aliphatic carbocycles. The minimum atomic E-state index is -0.829. The maximum Gasteiger partial charge on any atom is 0.303 e. The quantitative estimate of drug-likeness (QED) is 0.256. The van der Waals surface area contributed by atoms with Crippen molar-refractivity contribution in [2.24, 2.45) is 0 Å². The van der Waals surface area contributed by atoms with E-state index in [1.165, 1.54) is 0 Å². The minimum Gasteiger partial charge on any atom is -0.508 e. The Morgan fingerprint density at radius 1 is 0.588 bits per heavy atom. The Bertz CT molecular complexity index is 904. The predicted molar refractivity (Wildman–Crippen MR) is 130 cm³/mol. The molecule has 186 valence electrons. The maximum atomic E-state index is 11.0. The summed E-state index contributed by atoms with van der Waals surface area (Å²) in [6.07, 6.45) is 3.05. The first-order valence-electron chi connectivity index (χ1n) is 11.8. The molecule has 8 heteroatoms. The first kappa shape index (κ1) is 27.1. The highest BCUT2D eigenvalue weighted by Crippen LogP contribution is 2.20. The summed E-state index contributed by atoms with van der Waals surface area (Å²) in [7, 11) is 0. The van der Waals surface area contributed by atoms with Crippen LogP contribution in [0.5, 0.6) is 11.5 Å². The van der Waals surface area contributed by atoms with Crippen molar-refractivity contribution in [3.05, 3.63) is 59.7 Å². The molecule has 0 unspecified atom stereocenters. The highest BCUT2D eigenvalue weighted by atomic mass is 16.4. The van der Waals surface area contributed by atoms with Gasteiger partial charge < -0.3 is 20.4 Å². The van der Waals surface area contributed by atoms with Gasteiger partial charge in [-0.15, -0.1) is 0 Å². The summed E-state index contributed by atoms with van der Waals surface area (Å²) >= 11 is 0. The molecule has 0 atom stereocenters. The van der Waals surface area contributed by atoms with E-state index >= 15 is 0 Å². The molecule has 0 aromatic heterocycles. The first-order chi connectivity index (χ1) is 16.3. The third kappa shape index (κ3) is 10.7. The molecular weight excluding hydrogens is 436 g/mol. The number of hydrogen-bond acceptors (Lipinski definition) is 6. The SMILES string of the molecule is O=C(O)CCCCCN(CCN(CCCC(=O)O)Cc1ccccc1O)Cc1ccccc1O. The molecule has 2 aromatic rings. The molecule has 0 fully saturated rings. The van der Waals surface area contributed by atoms with E-state index in [9.17, 15) is 19.8 Å². The van der Waals surface area contributed by atoms with E-state index < -0.39 is 11.9 Å². The van der Waals surface area contributed by atoms with Crippen LogP contribution in [0.3, 0.4) is 0 Å². The maximum absolute atomic E-state index is 11.0. The molecule has 0 aliphatic rings. The zero-order valence-corrected chi connectivity index (χ0v) is 19.6. The fourth-order valence-electron chi connectivity index (χ4n) is 3.84. The van der Waals surface area contributed by atoms with Crippen molar-refractivity contribution < 1.29 is 30.0 Å². The number of nitrogens with zero attached hydrogens (tertiary/aromatic N) is 2. The predicted octanol–water partition coefficient (Wildman–Crippen LogP) is 3.91. The van der Waals surface area contributed by atoms with Gasteiger partial charge in [0, 0.05) is 50.1 Å². The third-order valence-corrected chi connectivity index (χ3v) is 5.73. The Morgan fingerprint density at radius 2 is 1.03 bits per heavy atom. The smallest absolute Gasteiger partial charge is 0.303 e. The number of rotatable bonds is 17. The molecule has 0 aliphatic heterocycles. The van der Waals surface area contributed by atoms with Gasteiger partial charge in [0.15, 0.2) is 0 Å². The topological polar surface area (TPSA) is 122 Å². The molecule has 0 saturated carbocycles. The Balaban J connectivity index is 2.02. The van der Waals surface area contributed by atoms with Gasteiger partial charge in [-0.1, -0.05) is 42.8 Å². The summed E-state index contributed by atoms with van der Waals surface area (Å²) < 4.78 is 0. The minimum absolute atomic E-state index is 0.0858. The van der Waals surface area contributed by atoms with E-state index in [0.29, 0.717) is 45.6 Å². The summed E-state index contributed by atoms with van der Waals surface area (Å²) in [4.78, 5) is 26.1. The molecule has 0 saturated heterocycles. The fraction of sp³-hybridized carbons (Fsp3) is 0.462. The van der Waals surface area contributed by atoms with Crippen molar-refractivity contribution in [1.29, 1.82) is 0 Å². The normalized spacial score (nSPS) is 11.2. The number of carbonyl (C=O) groups is 2. The standard InChI is InChI=1S/C26H36N2O6/c29-23-11-5-3-9-21(23)19-27(15-7-1-2-13-25(31)32)17-18-28(16-8-14-26(33)34)20-22-10-4-6-12-24(22)30/h3-6,9-12,29-30H,1-2,7-8,13-20H2,(H,31,32)(H,33,34). The highest BCUT2D eigenvalue weighted by Gasteiger charge is 2.14. The summed E-state index contributed by atoms with van der Waals surface area (Å²) in [5.74, 6) is -1.15. The van der Waals surface area contributed by atoms with E-state index in [1.54, 1.807) is 24.3 Å². The molecule has 4 N–H and O–H groups in total. The molecule has 0 amide bonds. The van der Waals surface area contributed by atoms with Crippen molar-refractivity contribution in [3.63, 3.8) is 0 Å². The average molecular weight is 473 g/mol. The number of aliphatic carboxylic acids is 2. The molecule has 0 radical (unpaired) electrons. The van der Waals surface area contributed by atoms with Gasteiger partial charge in [0.25, 0.3) is 0 Å². The highest BCUT2D eigenvalue weighted by molar-refractivity contribution is 5.66. The van der Waals surface area contributed by atoms with Gasteiger partial charge >= 0.3 is 11.9 Å². The molecule has 8 nitrogen and oxygen atoms in total. The van der Waals surface area contributed by atoms with Crippen LogP contribution in [-0.2, 0) is 22.7 Å². The van der Waals surface area contributed by atoms with E-state index in [1.807, 2.05) is 24.3 Å². The van der Waals surface area contributed by atoms with Crippen LogP contribution in [0.4, 0.5) is 0 Å². The zero-order valence-electron chi connectivity index (χ0n) is 19.6. The van der Waals surface area contributed by atoms with Crippen LogP contribution < -0.4 is 0 Å². The third-order valence-electron chi connectivity index (χ3n) is 5.73. The van der Waals surface area contributed by atoms with Crippen molar-refractivity contribution >= 4 is 11.9 Å². The lowest BCUT2D eigenvalue weighted by Gasteiger charge is -2.28. The van der Waals surface area contributed by atoms with Crippen molar-refractivity contribution in [3.8, 4) is 11.5 Å². The number of para-hydroxylation sites is 2. The summed E-state index contributed by atoms with van der Waals surface area (Å²) in [5, 5.41) is 38.3. The molecule has 0 spiro atoms. The number of phenols is 2. The van der Waals surface area contributed by atoms with Gasteiger partial charge in [0.2, 0.25) is 0 Å². The zero-order chi connectivity index (χ0) is 24.8. The summed E-state index contributed by atoms with van der Waals surface area (Å²) in [6.45, 7) is 3.77. The number of carboxylic acids is 2. The Labute approximate surface area is 201 Å². The van der Waals surface area contributed by atoms with E-state index in [2.05, 4.69) is 9.80 Å². The van der Waals surface area contributed by atoms with Gasteiger partial charge in [-0.25, -0.2) is 0 Å². The number of hydrogen-bond donors (Lipinski definition) is 4. The number of carboxylic acid groups (broad SMARTS) is 2. The van der Waals surface area contributed by atoms with Gasteiger partial charge in [-0.3, -0.25) is 19.4 Å². The van der Waals surface area contributed by atoms with Gasteiger partial charge in [-0.05, 0) is 44.5 Å². The second kappa shape index (κ2) is 14.9. The molecule has 2 rings (SSSR count).